The van der Waals surface area contributed by atoms with Gasteiger partial charge in [-0.2, -0.15) is 10.2 Å². The average Bonchev–Trinajstić information content (AvgIpc) is 3.23. The summed E-state index contributed by atoms with van der Waals surface area (Å²) in [5.41, 5.74) is 4.43. The second kappa shape index (κ2) is 10.2. The predicted molar refractivity (Wildman–Crippen MR) is 139 cm³/mol. The number of nitrogens with zero attached hydrogens (tertiary/aromatic N) is 3. The van der Waals surface area contributed by atoms with Gasteiger partial charge in [-0.3, -0.25) is 4.72 Å². The molecule has 0 aliphatic rings. The molecule has 0 spiro atoms. The van der Waals surface area contributed by atoms with Crippen molar-refractivity contribution in [1.82, 2.24) is 9.97 Å². The lowest BCUT2D eigenvalue weighted by atomic mass is 9.77. The lowest BCUT2D eigenvalue weighted by Crippen LogP contribution is -2.19. The Morgan fingerprint density at radius 3 is 2.54 bits per heavy atom. The van der Waals surface area contributed by atoms with Crippen molar-refractivity contribution >= 4 is 51.4 Å². The number of nitrogens with one attached hydrogen (secondary N) is 1. The third-order valence-corrected chi connectivity index (χ3v) is 6.49. The number of fused-ring (bicyclic) bond motifs is 1. The van der Waals surface area contributed by atoms with Crippen LogP contribution in [-0.2, 0) is 16.4 Å². The molecule has 35 heavy (non-hydrogen) atoms. The Bertz CT molecular complexity index is 1450. The van der Waals surface area contributed by atoms with E-state index < -0.39 is 16.4 Å². The first-order valence-electron chi connectivity index (χ1n) is 10.6. The van der Waals surface area contributed by atoms with Crippen LogP contribution in [-0.4, -0.2) is 32.9 Å². The second-order valence-corrected chi connectivity index (χ2v) is 10.2. The molecule has 0 fully saturated rings. The van der Waals surface area contributed by atoms with E-state index in [9.17, 15) is 9.47 Å². The minimum Gasteiger partial charge on any atom is -0.489 e. The van der Waals surface area contributed by atoms with Crippen LogP contribution in [0.4, 0.5) is 6.01 Å². The van der Waals surface area contributed by atoms with Crippen molar-refractivity contribution in [2.24, 2.45) is 0 Å². The molecule has 10 heteroatoms. The van der Waals surface area contributed by atoms with Gasteiger partial charge >= 0.3 is 6.01 Å². The molecule has 2 heterocycles. The SMILES string of the molecule is CS(=O)Nc1nc2nc(-c3ccc(C(C)(C)c4cc(Cl)c(OCCCl)c(C#N)c4)cc3)ccc2o1. The molecule has 2 aromatic heterocycles. The van der Waals surface area contributed by atoms with Crippen molar-refractivity contribution in [2.45, 2.75) is 19.3 Å². The maximum absolute atomic E-state index is 11.4. The number of hydrogen-bond acceptors (Lipinski definition) is 6. The number of nitriles is 1. The van der Waals surface area contributed by atoms with Crippen LogP contribution >= 0.6 is 23.2 Å². The highest BCUT2D eigenvalue weighted by Gasteiger charge is 2.26. The molecule has 0 saturated carbocycles. The maximum Gasteiger partial charge on any atom is 0.309 e. The lowest BCUT2D eigenvalue weighted by molar-refractivity contribution is 0.341. The summed E-state index contributed by atoms with van der Waals surface area (Å²) in [6, 6.07) is 17.6. The van der Waals surface area contributed by atoms with Gasteiger partial charge in [-0.1, -0.05) is 49.7 Å². The summed E-state index contributed by atoms with van der Waals surface area (Å²) >= 11 is 12.2. The molecule has 4 rings (SSSR count). The van der Waals surface area contributed by atoms with E-state index in [0.29, 0.717) is 33.4 Å². The lowest BCUT2D eigenvalue weighted by Gasteiger charge is -2.27. The highest BCUT2D eigenvalue weighted by Crippen LogP contribution is 2.38. The largest absolute Gasteiger partial charge is 0.489 e. The Morgan fingerprint density at radius 1 is 1.14 bits per heavy atom. The number of anilines is 1. The van der Waals surface area contributed by atoms with E-state index in [1.54, 1.807) is 12.1 Å². The van der Waals surface area contributed by atoms with E-state index >= 15 is 0 Å². The van der Waals surface area contributed by atoms with Crippen molar-refractivity contribution in [1.29, 1.82) is 5.26 Å². The second-order valence-electron chi connectivity index (χ2n) is 8.28. The van der Waals surface area contributed by atoms with E-state index in [0.717, 1.165) is 22.4 Å². The van der Waals surface area contributed by atoms with Crippen LogP contribution in [0.3, 0.4) is 0 Å². The van der Waals surface area contributed by atoms with Gasteiger partial charge in [0, 0.05) is 17.2 Å². The maximum atomic E-state index is 11.4. The predicted octanol–water partition coefficient (Wildman–Crippen LogP) is 6.06. The van der Waals surface area contributed by atoms with Crippen LogP contribution in [0, 0.1) is 11.3 Å². The van der Waals surface area contributed by atoms with Gasteiger partial charge in [0.05, 0.1) is 22.2 Å². The zero-order valence-electron chi connectivity index (χ0n) is 19.3. The van der Waals surface area contributed by atoms with Crippen molar-refractivity contribution in [2.75, 3.05) is 23.5 Å². The summed E-state index contributed by atoms with van der Waals surface area (Å²) in [7, 11) is -1.29. The molecule has 7 nitrogen and oxygen atoms in total. The van der Waals surface area contributed by atoms with Gasteiger partial charge in [0.15, 0.2) is 11.3 Å². The van der Waals surface area contributed by atoms with E-state index in [2.05, 4.69) is 34.6 Å². The number of oxazole rings is 1. The summed E-state index contributed by atoms with van der Waals surface area (Å²) in [5, 5.41) is 10.0. The van der Waals surface area contributed by atoms with Crippen molar-refractivity contribution < 1.29 is 13.4 Å². The molecule has 0 bridgehead atoms. The molecule has 0 saturated heterocycles. The Morgan fingerprint density at radius 2 is 1.89 bits per heavy atom. The van der Waals surface area contributed by atoms with Crippen molar-refractivity contribution in [3.05, 3.63) is 70.2 Å². The number of hydrogen-bond donors (Lipinski definition) is 1. The fraction of sp³-hybridized carbons (Fsp3) is 0.240. The van der Waals surface area contributed by atoms with Gasteiger partial charge < -0.3 is 9.15 Å². The van der Waals surface area contributed by atoms with Crippen LogP contribution in [0.25, 0.3) is 22.5 Å². The normalized spacial score (nSPS) is 12.3. The summed E-state index contributed by atoms with van der Waals surface area (Å²) in [5.74, 6) is 0.652. The Kier molecular flexibility index (Phi) is 7.31. The summed E-state index contributed by atoms with van der Waals surface area (Å²) in [6.07, 6.45) is 1.50. The molecular weight excluding hydrogens is 507 g/mol. The molecule has 0 amide bonds. The number of pyridine rings is 1. The van der Waals surface area contributed by atoms with E-state index in [4.69, 9.17) is 32.4 Å². The molecule has 180 valence electrons. The minimum absolute atomic E-state index is 0.164. The first kappa shape index (κ1) is 25.0. The molecule has 1 N–H and O–H groups in total. The number of aromatic nitrogens is 2. The standard InChI is InChI=1S/C25H22Cl2N4O3S/c1-25(2,18-12-16(14-28)22(19(27)13-18)33-11-10-26)17-6-4-15(5-7-17)20-8-9-21-23(29-20)30-24(34-21)31-35(3)32/h4-9,12-13H,10-11H2,1-3H3,(H,29,30,31). The Balaban J connectivity index is 1.63. The number of halogens is 2. The monoisotopic (exact) mass is 528 g/mol. The fourth-order valence-electron chi connectivity index (χ4n) is 3.69. The molecule has 0 aliphatic carbocycles. The van der Waals surface area contributed by atoms with Crippen LogP contribution in [0.2, 0.25) is 5.02 Å². The molecule has 2 aromatic carbocycles. The van der Waals surface area contributed by atoms with E-state index in [1.807, 2.05) is 36.4 Å². The zero-order chi connectivity index (χ0) is 25.2. The molecule has 0 radical (unpaired) electrons. The Hall–Kier alpha value is -3.12. The summed E-state index contributed by atoms with van der Waals surface area (Å²) < 4.78 is 25.1. The third kappa shape index (κ3) is 5.27. The quantitative estimate of drug-likeness (QED) is 0.278. The van der Waals surface area contributed by atoms with Gasteiger partial charge in [0.2, 0.25) is 5.65 Å². The first-order chi connectivity index (χ1) is 16.7. The molecule has 1 unspecified atom stereocenters. The van der Waals surface area contributed by atoms with Gasteiger partial charge in [0.25, 0.3) is 0 Å². The molecule has 1 atom stereocenters. The van der Waals surface area contributed by atoms with Crippen molar-refractivity contribution in [3.63, 3.8) is 0 Å². The molecular formula is C25H22Cl2N4O3S. The number of rotatable bonds is 8. The van der Waals surface area contributed by atoms with Crippen LogP contribution < -0.4 is 9.46 Å². The van der Waals surface area contributed by atoms with Crippen LogP contribution in [0.1, 0.15) is 30.5 Å². The highest BCUT2D eigenvalue weighted by molar-refractivity contribution is 7.85. The smallest absolute Gasteiger partial charge is 0.309 e. The van der Waals surface area contributed by atoms with Gasteiger partial charge in [-0.15, -0.1) is 11.6 Å². The van der Waals surface area contributed by atoms with E-state index in [-0.39, 0.29) is 12.6 Å². The van der Waals surface area contributed by atoms with Gasteiger partial charge in [-0.05, 0) is 35.4 Å². The topological polar surface area (TPSA) is 101 Å². The fourth-order valence-corrected chi connectivity index (χ4v) is 4.38. The number of benzene rings is 2. The highest BCUT2D eigenvalue weighted by atomic mass is 35.5. The first-order valence-corrected chi connectivity index (χ1v) is 13.1. The zero-order valence-corrected chi connectivity index (χ0v) is 21.6. The number of alkyl halides is 1. The summed E-state index contributed by atoms with van der Waals surface area (Å²) in [6.45, 7) is 4.41. The minimum atomic E-state index is -1.29. The van der Waals surface area contributed by atoms with Crippen LogP contribution in [0.5, 0.6) is 5.75 Å². The number of ether oxygens (including phenoxy) is 1. The molecule has 0 aliphatic heterocycles. The van der Waals surface area contributed by atoms with Crippen LogP contribution in [0.15, 0.2) is 52.9 Å². The Labute approximate surface area is 215 Å². The summed E-state index contributed by atoms with van der Waals surface area (Å²) in [4.78, 5) is 8.82. The van der Waals surface area contributed by atoms with Gasteiger partial charge in [0.1, 0.15) is 23.7 Å². The van der Waals surface area contributed by atoms with Gasteiger partial charge in [-0.25, -0.2) is 9.19 Å². The average molecular weight is 529 g/mol. The van der Waals surface area contributed by atoms with Crippen molar-refractivity contribution in [3.8, 4) is 23.1 Å². The molecule has 4 aromatic rings. The third-order valence-electron chi connectivity index (χ3n) is 5.60. The van der Waals surface area contributed by atoms with E-state index in [1.165, 1.54) is 6.26 Å².